The summed E-state index contributed by atoms with van der Waals surface area (Å²) in [6.07, 6.45) is -7.98. The standard InChI is InChI=1S/C26H24F6N2O2S/c1-13(2)10-19(35)22-16(6-5-7-20(22)37-4)24(36)33-18-9-8-15(11-14(18)3)23-17(25(27,28)29)12-21(34-23)26(30,31)32/h5-9,11-13,34H,10H2,1-4H3,(H,33,36). The van der Waals surface area contributed by atoms with Crippen molar-refractivity contribution in [3.05, 3.63) is 70.4 Å². The molecule has 198 valence electrons. The van der Waals surface area contributed by atoms with E-state index in [0.717, 1.165) is 0 Å². The summed E-state index contributed by atoms with van der Waals surface area (Å²) in [5.41, 5.74) is -2.82. The molecule has 3 rings (SSSR count). The zero-order chi connectivity index (χ0) is 27.7. The largest absolute Gasteiger partial charge is 0.431 e. The molecule has 0 aliphatic heterocycles. The fraction of sp³-hybridized carbons (Fsp3) is 0.308. The van der Waals surface area contributed by atoms with Gasteiger partial charge in [-0.3, -0.25) is 9.59 Å². The number of carbonyl (C=O) groups excluding carboxylic acids is 2. The fourth-order valence-corrected chi connectivity index (χ4v) is 4.50. The number of amides is 1. The average Bonchev–Trinajstić information content (AvgIpc) is 3.26. The Kier molecular flexibility index (Phi) is 8.16. The Hall–Kier alpha value is -3.21. The number of aromatic amines is 1. The fourth-order valence-electron chi connectivity index (χ4n) is 3.86. The summed E-state index contributed by atoms with van der Waals surface area (Å²) in [5, 5.41) is 2.67. The van der Waals surface area contributed by atoms with Gasteiger partial charge in [0.15, 0.2) is 5.78 Å². The van der Waals surface area contributed by atoms with Gasteiger partial charge >= 0.3 is 12.4 Å². The Morgan fingerprint density at radius 1 is 1.00 bits per heavy atom. The molecule has 0 aliphatic carbocycles. The van der Waals surface area contributed by atoms with Crippen molar-refractivity contribution in [1.29, 1.82) is 0 Å². The molecule has 2 aromatic carbocycles. The summed E-state index contributed by atoms with van der Waals surface area (Å²) in [5.74, 6) is -0.710. The molecule has 3 aromatic rings. The van der Waals surface area contributed by atoms with Gasteiger partial charge in [0.2, 0.25) is 0 Å². The number of aromatic nitrogens is 1. The number of carbonyl (C=O) groups is 2. The molecule has 37 heavy (non-hydrogen) atoms. The quantitative estimate of drug-likeness (QED) is 0.180. The lowest BCUT2D eigenvalue weighted by Gasteiger charge is -2.15. The number of alkyl halides is 6. The first kappa shape index (κ1) is 28.4. The van der Waals surface area contributed by atoms with E-state index in [2.05, 4.69) is 5.32 Å². The second-order valence-electron chi connectivity index (χ2n) is 8.86. The Morgan fingerprint density at radius 3 is 2.22 bits per heavy atom. The molecule has 1 aromatic heterocycles. The topological polar surface area (TPSA) is 62.0 Å². The summed E-state index contributed by atoms with van der Waals surface area (Å²) in [7, 11) is 0. The summed E-state index contributed by atoms with van der Waals surface area (Å²) in [6.45, 7) is 5.27. The van der Waals surface area contributed by atoms with Crippen LogP contribution in [0.5, 0.6) is 0 Å². The minimum Gasteiger partial charge on any atom is -0.351 e. The molecule has 0 fully saturated rings. The summed E-state index contributed by atoms with van der Waals surface area (Å²) < 4.78 is 79.6. The minimum absolute atomic E-state index is 0.0365. The smallest absolute Gasteiger partial charge is 0.351 e. The van der Waals surface area contributed by atoms with Gasteiger partial charge in [0, 0.05) is 22.6 Å². The van der Waals surface area contributed by atoms with Crippen molar-refractivity contribution in [3.63, 3.8) is 0 Å². The number of Topliss-reactive ketones (excluding diaryl/α,β-unsaturated/α-hetero) is 1. The number of hydrogen-bond acceptors (Lipinski definition) is 3. The van der Waals surface area contributed by atoms with Gasteiger partial charge in [0.05, 0.1) is 16.8 Å². The van der Waals surface area contributed by atoms with Crippen molar-refractivity contribution in [3.8, 4) is 11.3 Å². The van der Waals surface area contributed by atoms with Crippen molar-refractivity contribution in [2.75, 3.05) is 11.6 Å². The van der Waals surface area contributed by atoms with Crippen LogP contribution in [0.1, 0.15) is 57.8 Å². The maximum absolute atomic E-state index is 13.4. The third-order valence-electron chi connectivity index (χ3n) is 5.56. The van der Waals surface area contributed by atoms with Crippen LogP contribution in [0.3, 0.4) is 0 Å². The van der Waals surface area contributed by atoms with Crippen molar-refractivity contribution < 1.29 is 35.9 Å². The number of hydrogen-bond donors (Lipinski definition) is 2. The first-order valence-corrected chi connectivity index (χ1v) is 12.4. The second kappa shape index (κ2) is 10.6. The summed E-state index contributed by atoms with van der Waals surface area (Å²) in [6, 6.07) is 8.68. The van der Waals surface area contributed by atoms with Crippen molar-refractivity contribution in [2.45, 2.75) is 44.4 Å². The molecule has 11 heteroatoms. The number of thioether (sulfide) groups is 1. The van der Waals surface area contributed by atoms with E-state index < -0.39 is 35.2 Å². The molecule has 1 heterocycles. The van der Waals surface area contributed by atoms with Crippen LogP contribution in [0.2, 0.25) is 0 Å². The van der Waals surface area contributed by atoms with Gasteiger partial charge in [0.1, 0.15) is 5.69 Å². The van der Waals surface area contributed by atoms with E-state index in [9.17, 15) is 35.9 Å². The molecule has 2 N–H and O–H groups in total. The molecule has 0 bridgehead atoms. The zero-order valence-electron chi connectivity index (χ0n) is 20.3. The summed E-state index contributed by atoms with van der Waals surface area (Å²) >= 11 is 1.32. The molecular formula is C26H24F6N2O2S. The van der Waals surface area contributed by atoms with Gasteiger partial charge in [-0.15, -0.1) is 11.8 Å². The third kappa shape index (κ3) is 6.38. The van der Waals surface area contributed by atoms with Gasteiger partial charge in [-0.1, -0.05) is 26.0 Å². The molecule has 0 aliphatic rings. The normalized spacial score (nSPS) is 12.2. The molecule has 0 spiro atoms. The maximum atomic E-state index is 13.4. The highest BCUT2D eigenvalue weighted by atomic mass is 32.2. The van der Waals surface area contributed by atoms with Crippen LogP contribution < -0.4 is 5.32 Å². The highest BCUT2D eigenvalue weighted by molar-refractivity contribution is 7.98. The molecule has 0 atom stereocenters. The summed E-state index contributed by atoms with van der Waals surface area (Å²) in [4.78, 5) is 28.5. The molecule has 4 nitrogen and oxygen atoms in total. The van der Waals surface area contributed by atoms with E-state index in [0.29, 0.717) is 10.5 Å². The number of H-pyrrole nitrogens is 1. The minimum atomic E-state index is -5.02. The molecular weight excluding hydrogens is 518 g/mol. The lowest BCUT2D eigenvalue weighted by atomic mass is 9.96. The van der Waals surface area contributed by atoms with Gasteiger partial charge in [-0.2, -0.15) is 26.3 Å². The molecule has 1 amide bonds. The lowest BCUT2D eigenvalue weighted by molar-refractivity contribution is -0.142. The molecule has 0 radical (unpaired) electrons. The molecule has 0 saturated carbocycles. The lowest BCUT2D eigenvalue weighted by Crippen LogP contribution is -2.18. The van der Waals surface area contributed by atoms with Crippen LogP contribution in [0.4, 0.5) is 32.0 Å². The van der Waals surface area contributed by atoms with Gasteiger partial charge < -0.3 is 10.3 Å². The number of aryl methyl sites for hydroxylation is 1. The Balaban J connectivity index is 1.98. The molecule has 0 saturated heterocycles. The van der Waals surface area contributed by atoms with E-state index in [1.807, 2.05) is 18.8 Å². The Bertz CT molecular complexity index is 1330. The van der Waals surface area contributed by atoms with Crippen molar-refractivity contribution in [1.82, 2.24) is 4.98 Å². The monoisotopic (exact) mass is 542 g/mol. The van der Waals surface area contributed by atoms with Crippen molar-refractivity contribution >= 4 is 29.1 Å². The van der Waals surface area contributed by atoms with Crippen LogP contribution >= 0.6 is 11.8 Å². The predicted octanol–water partition coefficient (Wildman–Crippen LogP) is 8.23. The van der Waals surface area contributed by atoms with Crippen LogP contribution in [-0.2, 0) is 12.4 Å². The van der Waals surface area contributed by atoms with Gasteiger partial charge in [0.25, 0.3) is 5.91 Å². The van der Waals surface area contributed by atoms with Crippen molar-refractivity contribution in [2.24, 2.45) is 5.92 Å². The Labute approximate surface area is 213 Å². The maximum Gasteiger partial charge on any atom is 0.431 e. The first-order valence-electron chi connectivity index (χ1n) is 11.1. The zero-order valence-corrected chi connectivity index (χ0v) is 21.1. The van der Waals surface area contributed by atoms with E-state index in [1.54, 1.807) is 18.4 Å². The number of anilines is 1. The number of rotatable bonds is 7. The van der Waals surface area contributed by atoms with E-state index in [-0.39, 0.29) is 46.6 Å². The predicted molar refractivity (Wildman–Crippen MR) is 131 cm³/mol. The van der Waals surface area contributed by atoms with Crippen LogP contribution in [0.15, 0.2) is 47.4 Å². The number of halogens is 6. The van der Waals surface area contributed by atoms with Crippen LogP contribution in [0, 0.1) is 12.8 Å². The SMILES string of the molecule is CSc1cccc(C(=O)Nc2ccc(-c3[nH]c(C(F)(F)F)cc3C(F)(F)F)cc2C)c1C(=O)CC(C)C. The highest BCUT2D eigenvalue weighted by Gasteiger charge is 2.41. The van der Waals surface area contributed by atoms with Gasteiger partial charge in [-0.05, 0) is 60.6 Å². The third-order valence-corrected chi connectivity index (χ3v) is 6.34. The van der Waals surface area contributed by atoms with E-state index in [1.165, 1.54) is 43.0 Å². The van der Waals surface area contributed by atoms with Crippen LogP contribution in [-0.4, -0.2) is 22.9 Å². The van der Waals surface area contributed by atoms with Crippen LogP contribution in [0.25, 0.3) is 11.3 Å². The highest BCUT2D eigenvalue weighted by Crippen LogP contribution is 2.41. The average molecular weight is 543 g/mol. The number of ketones is 1. The number of nitrogens with one attached hydrogen (secondary N) is 2. The van der Waals surface area contributed by atoms with Gasteiger partial charge in [-0.25, -0.2) is 0 Å². The molecule has 0 unspecified atom stereocenters. The second-order valence-corrected chi connectivity index (χ2v) is 9.70. The number of benzene rings is 2. The van der Waals surface area contributed by atoms with E-state index in [4.69, 9.17) is 0 Å². The Morgan fingerprint density at radius 2 is 1.68 bits per heavy atom. The first-order chi connectivity index (χ1) is 17.1. The van der Waals surface area contributed by atoms with E-state index >= 15 is 0 Å².